The van der Waals surface area contributed by atoms with E-state index in [2.05, 4.69) is 10.2 Å². The third-order valence-corrected chi connectivity index (χ3v) is 7.28. The summed E-state index contributed by atoms with van der Waals surface area (Å²) >= 11 is 0. The van der Waals surface area contributed by atoms with Crippen LogP contribution in [0.25, 0.3) is 0 Å². The van der Waals surface area contributed by atoms with E-state index in [9.17, 15) is 9.59 Å². The van der Waals surface area contributed by atoms with E-state index in [0.717, 1.165) is 49.2 Å². The highest BCUT2D eigenvalue weighted by atomic mass is 16.5. The Balaban J connectivity index is 1.33. The van der Waals surface area contributed by atoms with Crippen LogP contribution in [0.2, 0.25) is 0 Å². The van der Waals surface area contributed by atoms with Gasteiger partial charge in [0.15, 0.2) is 0 Å². The molecule has 1 heterocycles. The lowest BCUT2D eigenvalue weighted by Crippen LogP contribution is -2.58. The summed E-state index contributed by atoms with van der Waals surface area (Å²) < 4.78 is 5.22. The van der Waals surface area contributed by atoms with E-state index in [0.29, 0.717) is 25.6 Å². The van der Waals surface area contributed by atoms with E-state index < -0.39 is 0 Å². The van der Waals surface area contributed by atoms with Crippen LogP contribution in [-0.4, -0.2) is 67.5 Å². The van der Waals surface area contributed by atoms with Crippen molar-refractivity contribution in [2.24, 2.45) is 5.92 Å². The van der Waals surface area contributed by atoms with Crippen molar-refractivity contribution in [1.82, 2.24) is 15.1 Å². The molecule has 2 aromatic carbocycles. The lowest BCUT2D eigenvalue weighted by Gasteiger charge is -2.40. The van der Waals surface area contributed by atoms with E-state index in [1.165, 1.54) is 18.4 Å². The van der Waals surface area contributed by atoms with Gasteiger partial charge in [0.2, 0.25) is 5.91 Å². The zero-order valence-corrected chi connectivity index (χ0v) is 20.5. The average molecular weight is 464 g/mol. The van der Waals surface area contributed by atoms with E-state index in [1.54, 1.807) is 7.11 Å². The zero-order chi connectivity index (χ0) is 23.9. The number of rotatable bonds is 8. The van der Waals surface area contributed by atoms with Gasteiger partial charge in [-0.25, -0.2) is 0 Å². The van der Waals surface area contributed by atoms with Gasteiger partial charge in [0.1, 0.15) is 5.75 Å². The number of nitrogens with zero attached hydrogens (tertiary/aromatic N) is 2. The number of nitrogens with one attached hydrogen (secondary N) is 1. The number of hydrogen-bond acceptors (Lipinski definition) is 4. The highest BCUT2D eigenvalue weighted by molar-refractivity contribution is 5.94. The largest absolute Gasteiger partial charge is 0.497 e. The summed E-state index contributed by atoms with van der Waals surface area (Å²) in [5.41, 5.74) is 3.07. The molecule has 182 valence electrons. The van der Waals surface area contributed by atoms with Gasteiger partial charge in [-0.1, -0.05) is 42.7 Å². The number of hydrogen-bond donors (Lipinski definition) is 1. The summed E-state index contributed by atoms with van der Waals surface area (Å²) in [4.78, 5) is 30.5. The van der Waals surface area contributed by atoms with Crippen LogP contribution in [0.15, 0.2) is 48.5 Å². The number of carbonyl (C=O) groups is 2. The van der Waals surface area contributed by atoms with Crippen LogP contribution in [0.5, 0.6) is 5.75 Å². The minimum atomic E-state index is -0.102. The maximum absolute atomic E-state index is 13.3. The second-order valence-corrected chi connectivity index (χ2v) is 9.57. The van der Waals surface area contributed by atoms with E-state index in [1.807, 2.05) is 60.4 Å². The van der Waals surface area contributed by atoms with Gasteiger partial charge in [-0.15, -0.1) is 0 Å². The molecule has 0 bridgehead atoms. The number of benzene rings is 2. The van der Waals surface area contributed by atoms with Crippen LogP contribution >= 0.6 is 0 Å². The van der Waals surface area contributed by atoms with Gasteiger partial charge >= 0.3 is 0 Å². The number of aryl methyl sites for hydroxylation is 1. The summed E-state index contributed by atoms with van der Waals surface area (Å²) in [7, 11) is 1.66. The van der Waals surface area contributed by atoms with Crippen molar-refractivity contribution in [3.8, 4) is 5.75 Å². The lowest BCUT2D eigenvalue weighted by atomic mass is 9.94. The number of methoxy groups -OCH3 is 1. The highest BCUT2D eigenvalue weighted by Gasteiger charge is 2.37. The van der Waals surface area contributed by atoms with E-state index in [-0.39, 0.29) is 17.9 Å². The molecule has 0 spiro atoms. The van der Waals surface area contributed by atoms with Crippen molar-refractivity contribution >= 4 is 11.8 Å². The Morgan fingerprint density at radius 2 is 1.62 bits per heavy atom. The van der Waals surface area contributed by atoms with Crippen molar-refractivity contribution in [1.29, 1.82) is 0 Å². The first-order chi connectivity index (χ1) is 16.5. The quantitative estimate of drug-likeness (QED) is 0.649. The second-order valence-electron chi connectivity index (χ2n) is 9.57. The normalized spacial score (nSPS) is 18.0. The fourth-order valence-corrected chi connectivity index (χ4v) is 5.26. The molecule has 1 saturated carbocycles. The summed E-state index contributed by atoms with van der Waals surface area (Å²) in [5.74, 6) is 1.47. The monoisotopic (exact) mass is 463 g/mol. The Labute approximate surface area is 203 Å². The summed E-state index contributed by atoms with van der Waals surface area (Å²) in [6.45, 7) is 5.46. The Kier molecular flexibility index (Phi) is 8.22. The maximum Gasteiger partial charge on any atom is 0.253 e. The Bertz CT molecular complexity index is 944. The molecule has 2 amide bonds. The molecule has 1 aliphatic carbocycles. The highest BCUT2D eigenvalue weighted by Crippen LogP contribution is 2.31. The molecule has 6 nitrogen and oxygen atoms in total. The van der Waals surface area contributed by atoms with Crippen LogP contribution in [0.4, 0.5) is 0 Å². The van der Waals surface area contributed by atoms with Gasteiger partial charge < -0.3 is 15.0 Å². The SMILES string of the molecule is COc1ccc(CCNC(=O)[C@@H](C2CCCC2)N2CCN(C(=O)c3ccc(C)cc3)CC2)cc1. The molecular formula is C28H37N3O3. The van der Waals surface area contributed by atoms with Gasteiger partial charge in [0, 0.05) is 38.3 Å². The number of carbonyl (C=O) groups excluding carboxylic acids is 2. The molecule has 2 aromatic rings. The molecule has 1 N–H and O–H groups in total. The average Bonchev–Trinajstić information content (AvgIpc) is 3.39. The lowest BCUT2D eigenvalue weighted by molar-refractivity contribution is -0.129. The smallest absolute Gasteiger partial charge is 0.253 e. The molecule has 1 saturated heterocycles. The molecule has 0 radical (unpaired) electrons. The number of amides is 2. The van der Waals surface area contributed by atoms with Crippen molar-refractivity contribution in [3.05, 3.63) is 65.2 Å². The first-order valence-electron chi connectivity index (χ1n) is 12.6. The summed E-state index contributed by atoms with van der Waals surface area (Å²) in [6.07, 6.45) is 5.42. The molecule has 1 atom stereocenters. The van der Waals surface area contributed by atoms with E-state index >= 15 is 0 Å². The number of ether oxygens (including phenoxy) is 1. The predicted molar refractivity (Wildman–Crippen MR) is 134 cm³/mol. The molecule has 34 heavy (non-hydrogen) atoms. The van der Waals surface area contributed by atoms with Crippen molar-refractivity contribution in [3.63, 3.8) is 0 Å². The predicted octanol–water partition coefficient (Wildman–Crippen LogP) is 3.68. The Morgan fingerprint density at radius 3 is 2.24 bits per heavy atom. The van der Waals surface area contributed by atoms with Crippen LogP contribution in [0.1, 0.15) is 47.2 Å². The van der Waals surface area contributed by atoms with Crippen LogP contribution in [0.3, 0.4) is 0 Å². The molecule has 6 heteroatoms. The first-order valence-corrected chi connectivity index (χ1v) is 12.6. The molecule has 0 unspecified atom stereocenters. The number of piperazine rings is 1. The van der Waals surface area contributed by atoms with Crippen molar-refractivity contribution < 1.29 is 14.3 Å². The molecule has 0 aromatic heterocycles. The molecule has 2 fully saturated rings. The third kappa shape index (κ3) is 5.98. The standard InChI is InChI=1S/C28H37N3O3/c1-21-7-11-24(12-8-21)28(33)31-19-17-30(18-20-31)26(23-5-3-4-6-23)27(32)29-16-15-22-9-13-25(34-2)14-10-22/h7-14,23,26H,3-6,15-20H2,1-2H3,(H,29,32)/t26-/m1/s1. The Morgan fingerprint density at radius 1 is 0.971 bits per heavy atom. The van der Waals surface area contributed by atoms with Gasteiger partial charge in [-0.2, -0.15) is 0 Å². The summed E-state index contributed by atoms with van der Waals surface area (Å²) in [6, 6.07) is 15.7. The zero-order valence-electron chi connectivity index (χ0n) is 20.5. The van der Waals surface area contributed by atoms with Crippen molar-refractivity contribution in [2.75, 3.05) is 39.8 Å². The third-order valence-electron chi connectivity index (χ3n) is 7.28. The van der Waals surface area contributed by atoms with Gasteiger partial charge in [0.25, 0.3) is 5.91 Å². The van der Waals surface area contributed by atoms with Gasteiger partial charge in [-0.3, -0.25) is 14.5 Å². The van der Waals surface area contributed by atoms with Crippen molar-refractivity contribution in [2.45, 2.75) is 45.1 Å². The van der Waals surface area contributed by atoms with Crippen LogP contribution in [-0.2, 0) is 11.2 Å². The first kappa shape index (κ1) is 24.3. The minimum absolute atomic E-state index is 0.0843. The minimum Gasteiger partial charge on any atom is -0.497 e. The second kappa shape index (κ2) is 11.5. The van der Waals surface area contributed by atoms with Gasteiger partial charge in [0.05, 0.1) is 13.2 Å². The fraction of sp³-hybridized carbons (Fsp3) is 0.500. The van der Waals surface area contributed by atoms with Gasteiger partial charge in [-0.05, 0) is 61.9 Å². The van der Waals surface area contributed by atoms with Crippen LogP contribution < -0.4 is 10.1 Å². The molecule has 1 aliphatic heterocycles. The maximum atomic E-state index is 13.3. The molecular weight excluding hydrogens is 426 g/mol. The van der Waals surface area contributed by atoms with E-state index in [4.69, 9.17) is 4.74 Å². The summed E-state index contributed by atoms with van der Waals surface area (Å²) in [5, 5.41) is 3.21. The Hall–Kier alpha value is -2.86. The fourth-order valence-electron chi connectivity index (χ4n) is 5.26. The molecule has 4 rings (SSSR count). The van der Waals surface area contributed by atoms with Crippen LogP contribution in [0, 0.1) is 12.8 Å². The topological polar surface area (TPSA) is 61.9 Å². The molecule has 2 aliphatic rings.